The zero-order valence-corrected chi connectivity index (χ0v) is 17.2. The molecule has 4 aliphatic heterocycles. The van der Waals surface area contributed by atoms with E-state index in [0.29, 0.717) is 19.3 Å². The summed E-state index contributed by atoms with van der Waals surface area (Å²) >= 11 is 0. The van der Waals surface area contributed by atoms with Crippen LogP contribution in [-0.4, -0.2) is 60.8 Å². The van der Waals surface area contributed by atoms with Crippen LogP contribution in [0.3, 0.4) is 0 Å². The highest BCUT2D eigenvalue weighted by Gasteiger charge is 2.59. The predicted octanol–water partition coefficient (Wildman–Crippen LogP) is 2.62. The molecule has 4 aliphatic rings. The number of aliphatic hydroxyl groups is 1. The van der Waals surface area contributed by atoms with Gasteiger partial charge in [-0.1, -0.05) is 25.2 Å². The highest BCUT2D eigenvalue weighted by atomic mass is 16.8. The van der Waals surface area contributed by atoms with Crippen LogP contribution < -0.4 is 0 Å². The molecular weight excluding hydrogens is 376 g/mol. The summed E-state index contributed by atoms with van der Waals surface area (Å²) in [5.41, 5.74) is 0. The average Bonchev–Trinajstić information content (AvgIpc) is 3.27. The fraction of sp³-hybridized carbons (Fsp3) is 0.773. The van der Waals surface area contributed by atoms with Crippen molar-refractivity contribution in [3.63, 3.8) is 0 Å². The average molecular weight is 408 g/mol. The molecule has 0 radical (unpaired) electrons. The molecule has 3 fully saturated rings. The maximum Gasteiger partial charge on any atom is 0.305 e. The number of carbonyl (C=O) groups is 1. The van der Waals surface area contributed by atoms with Crippen LogP contribution >= 0.6 is 0 Å². The highest BCUT2D eigenvalue weighted by Crippen LogP contribution is 2.52. The zero-order chi connectivity index (χ0) is 20.5. The number of methoxy groups -OCH3 is 1. The molecule has 2 spiro atoms. The fourth-order valence-electron chi connectivity index (χ4n) is 4.92. The maximum absolute atomic E-state index is 11.2. The van der Waals surface area contributed by atoms with Crippen molar-refractivity contribution in [1.82, 2.24) is 0 Å². The van der Waals surface area contributed by atoms with Crippen LogP contribution in [0.5, 0.6) is 0 Å². The lowest BCUT2D eigenvalue weighted by Gasteiger charge is -2.45. The Labute approximate surface area is 172 Å². The molecule has 0 unspecified atom stereocenters. The summed E-state index contributed by atoms with van der Waals surface area (Å²) in [5.74, 6) is -1.48. The first-order chi connectivity index (χ1) is 14.0. The minimum atomic E-state index is -0.771. The monoisotopic (exact) mass is 408 g/mol. The molecule has 3 saturated heterocycles. The topological polar surface area (TPSA) is 83.5 Å². The molecule has 29 heavy (non-hydrogen) atoms. The number of hydrogen-bond donors (Lipinski definition) is 1. The van der Waals surface area contributed by atoms with Gasteiger partial charge in [0.25, 0.3) is 0 Å². The van der Waals surface area contributed by atoms with Crippen LogP contribution in [-0.2, 0) is 28.5 Å². The zero-order valence-electron chi connectivity index (χ0n) is 17.2. The Balaban J connectivity index is 1.38. The second-order valence-electron chi connectivity index (χ2n) is 8.57. The SMILES string of the molecule is COC(=O)CC/C=C/[C@H]1CC=C[C@@]2(CC[C@]3(O[C@@H]4C[C@@H](CO)O[C@@H]4C[C@H]3C)O2)O1. The van der Waals surface area contributed by atoms with E-state index in [4.69, 9.17) is 18.9 Å². The fourth-order valence-corrected chi connectivity index (χ4v) is 4.92. The second kappa shape index (κ2) is 8.47. The molecule has 4 rings (SSSR count). The van der Waals surface area contributed by atoms with Gasteiger partial charge in [0, 0.05) is 31.6 Å². The summed E-state index contributed by atoms with van der Waals surface area (Å²) in [5, 5.41) is 9.42. The Morgan fingerprint density at radius 3 is 2.93 bits per heavy atom. The van der Waals surface area contributed by atoms with Crippen LogP contribution in [0.1, 0.15) is 51.9 Å². The van der Waals surface area contributed by atoms with Crippen molar-refractivity contribution in [1.29, 1.82) is 0 Å². The molecule has 0 aromatic heterocycles. The largest absolute Gasteiger partial charge is 0.469 e. The standard InChI is InChI=1S/C22H32O7/c1-15-12-18-19(13-17(14-23)26-18)28-22(15)11-10-21(29-22)9-5-7-16(27-21)6-3-4-8-20(24)25-2/h3,5-6,9,15-19,23H,4,7-8,10-14H2,1-2H3/b6-3+/t15-,16+,17+,18-,19-,21-,22+/m1/s1. The van der Waals surface area contributed by atoms with E-state index in [1.54, 1.807) is 0 Å². The smallest absolute Gasteiger partial charge is 0.305 e. The molecular formula is C22H32O7. The third kappa shape index (κ3) is 4.30. The van der Waals surface area contributed by atoms with Gasteiger partial charge in [-0.2, -0.15) is 0 Å². The molecule has 0 saturated carbocycles. The van der Waals surface area contributed by atoms with E-state index in [2.05, 4.69) is 17.7 Å². The van der Waals surface area contributed by atoms with E-state index in [9.17, 15) is 9.90 Å². The van der Waals surface area contributed by atoms with Crippen LogP contribution in [0, 0.1) is 5.92 Å². The summed E-state index contributed by atoms with van der Waals surface area (Å²) in [7, 11) is 1.40. The minimum absolute atomic E-state index is 0.0262. The summed E-state index contributed by atoms with van der Waals surface area (Å²) in [6.07, 6.45) is 12.7. The van der Waals surface area contributed by atoms with Gasteiger partial charge in [-0.3, -0.25) is 4.79 Å². The molecule has 7 nitrogen and oxygen atoms in total. The first-order valence-corrected chi connectivity index (χ1v) is 10.7. The summed E-state index contributed by atoms with van der Waals surface area (Å²) in [6.45, 7) is 2.17. The summed E-state index contributed by atoms with van der Waals surface area (Å²) in [4.78, 5) is 11.2. The number of carbonyl (C=O) groups excluding carboxylic acids is 1. The number of aliphatic hydroxyl groups excluding tert-OH is 1. The number of ether oxygens (including phenoxy) is 5. The summed E-state index contributed by atoms with van der Waals surface area (Å²) in [6, 6.07) is 0. The van der Waals surface area contributed by atoms with E-state index in [1.165, 1.54) is 7.11 Å². The van der Waals surface area contributed by atoms with Gasteiger partial charge < -0.3 is 28.8 Å². The van der Waals surface area contributed by atoms with Crippen molar-refractivity contribution >= 4 is 5.97 Å². The number of fused-ring (bicyclic) bond motifs is 1. The third-order valence-electron chi connectivity index (χ3n) is 6.52. The highest BCUT2D eigenvalue weighted by molar-refractivity contribution is 5.69. The quantitative estimate of drug-likeness (QED) is 0.553. The number of esters is 1. The van der Waals surface area contributed by atoms with E-state index in [-0.39, 0.29) is 42.9 Å². The van der Waals surface area contributed by atoms with Crippen molar-refractivity contribution in [2.75, 3.05) is 13.7 Å². The lowest BCUT2D eigenvalue weighted by Crippen LogP contribution is -2.53. The number of hydrogen-bond acceptors (Lipinski definition) is 7. The Hall–Kier alpha value is -1.25. The van der Waals surface area contributed by atoms with Crippen LogP contribution in [0.2, 0.25) is 0 Å². The van der Waals surface area contributed by atoms with Crippen molar-refractivity contribution in [3.8, 4) is 0 Å². The lowest BCUT2D eigenvalue weighted by molar-refractivity contribution is -0.355. The normalized spacial score (nSPS) is 44.0. The first-order valence-electron chi connectivity index (χ1n) is 10.7. The molecule has 0 bridgehead atoms. The van der Waals surface area contributed by atoms with Crippen LogP contribution in [0.4, 0.5) is 0 Å². The third-order valence-corrected chi connectivity index (χ3v) is 6.52. The Morgan fingerprint density at radius 2 is 2.14 bits per heavy atom. The van der Waals surface area contributed by atoms with Crippen molar-refractivity contribution in [3.05, 3.63) is 24.3 Å². The maximum atomic E-state index is 11.2. The Morgan fingerprint density at radius 1 is 1.28 bits per heavy atom. The van der Waals surface area contributed by atoms with Crippen LogP contribution in [0.15, 0.2) is 24.3 Å². The molecule has 0 aromatic rings. The van der Waals surface area contributed by atoms with Gasteiger partial charge in [-0.15, -0.1) is 0 Å². The van der Waals surface area contributed by atoms with Gasteiger partial charge in [-0.05, 0) is 25.3 Å². The first kappa shape index (κ1) is 21.0. The second-order valence-corrected chi connectivity index (χ2v) is 8.57. The van der Waals surface area contributed by atoms with Crippen molar-refractivity contribution in [2.24, 2.45) is 5.92 Å². The summed E-state index contributed by atoms with van der Waals surface area (Å²) < 4.78 is 29.9. The predicted molar refractivity (Wildman–Crippen MR) is 104 cm³/mol. The molecule has 4 heterocycles. The van der Waals surface area contributed by atoms with Gasteiger partial charge >= 0.3 is 5.97 Å². The molecule has 0 aliphatic carbocycles. The van der Waals surface area contributed by atoms with E-state index >= 15 is 0 Å². The van der Waals surface area contributed by atoms with Gasteiger partial charge in [0.1, 0.15) is 0 Å². The minimum Gasteiger partial charge on any atom is -0.469 e. The molecule has 162 valence electrons. The molecule has 1 N–H and O–H groups in total. The number of rotatable bonds is 5. The van der Waals surface area contributed by atoms with Crippen LogP contribution in [0.25, 0.3) is 0 Å². The Kier molecular flexibility index (Phi) is 6.14. The molecule has 7 heteroatoms. The molecule has 0 amide bonds. The molecule has 0 aromatic carbocycles. The van der Waals surface area contributed by atoms with Crippen molar-refractivity contribution in [2.45, 2.75) is 87.9 Å². The van der Waals surface area contributed by atoms with Gasteiger partial charge in [0.15, 0.2) is 11.6 Å². The van der Waals surface area contributed by atoms with E-state index in [1.807, 2.05) is 18.2 Å². The van der Waals surface area contributed by atoms with Crippen molar-refractivity contribution < 1.29 is 33.6 Å². The number of allylic oxidation sites excluding steroid dienone is 1. The Bertz CT molecular complexity index is 662. The van der Waals surface area contributed by atoms with Gasteiger partial charge in [0.2, 0.25) is 0 Å². The van der Waals surface area contributed by atoms with E-state index < -0.39 is 11.6 Å². The van der Waals surface area contributed by atoms with E-state index in [0.717, 1.165) is 25.7 Å². The van der Waals surface area contributed by atoms with Gasteiger partial charge in [-0.25, -0.2) is 0 Å². The van der Waals surface area contributed by atoms with Gasteiger partial charge in [0.05, 0.1) is 38.1 Å². The molecule has 7 atom stereocenters. The lowest BCUT2D eigenvalue weighted by atomic mass is 9.86.